The summed E-state index contributed by atoms with van der Waals surface area (Å²) in [5.74, 6) is 1.54. The van der Waals surface area contributed by atoms with Crippen molar-refractivity contribution in [2.45, 2.75) is 32.7 Å². The first-order valence-electron chi connectivity index (χ1n) is 8.51. The summed E-state index contributed by atoms with van der Waals surface area (Å²) >= 11 is 1.73. The number of rotatable bonds is 4. The van der Waals surface area contributed by atoms with Gasteiger partial charge in [-0.25, -0.2) is 9.97 Å². The lowest BCUT2D eigenvalue weighted by molar-refractivity contribution is 0.0950. The van der Waals surface area contributed by atoms with E-state index in [4.69, 9.17) is 0 Å². The minimum absolute atomic E-state index is 0.0213. The molecule has 1 aliphatic carbocycles. The Balaban J connectivity index is 1.45. The van der Waals surface area contributed by atoms with E-state index in [0.717, 1.165) is 35.7 Å². The van der Waals surface area contributed by atoms with Crippen LogP contribution in [0.15, 0.2) is 42.4 Å². The highest BCUT2D eigenvalue weighted by molar-refractivity contribution is 7.10. The Hall–Kier alpha value is -2.47. The molecule has 3 heterocycles. The Morgan fingerprint density at radius 1 is 1.44 bits per heavy atom. The van der Waals surface area contributed by atoms with Gasteiger partial charge in [-0.05, 0) is 48.4 Å². The molecule has 6 heteroatoms. The van der Waals surface area contributed by atoms with Crippen LogP contribution in [0, 0.1) is 5.92 Å². The molecule has 1 aliphatic rings. The van der Waals surface area contributed by atoms with E-state index in [0.29, 0.717) is 6.54 Å². The van der Waals surface area contributed by atoms with Gasteiger partial charge in [0.05, 0.1) is 5.56 Å². The lowest BCUT2D eigenvalue weighted by atomic mass is 9.88. The molecule has 128 valence electrons. The van der Waals surface area contributed by atoms with Crippen LogP contribution in [0.2, 0.25) is 0 Å². The van der Waals surface area contributed by atoms with Gasteiger partial charge in [0.25, 0.3) is 5.91 Å². The number of carbonyl (C=O) groups is 1. The van der Waals surface area contributed by atoms with Gasteiger partial charge >= 0.3 is 0 Å². The average molecular weight is 352 g/mol. The molecule has 1 amide bonds. The molecule has 1 N–H and O–H groups in total. The molecule has 1 unspecified atom stereocenters. The molecule has 4 rings (SSSR count). The number of imidazole rings is 1. The fourth-order valence-corrected chi connectivity index (χ4v) is 4.50. The first kappa shape index (κ1) is 16.0. The fourth-order valence-electron chi connectivity index (χ4n) is 3.25. The lowest BCUT2D eigenvalue weighted by Gasteiger charge is -2.18. The quantitative estimate of drug-likeness (QED) is 0.783. The van der Waals surface area contributed by atoms with E-state index in [-0.39, 0.29) is 5.91 Å². The highest BCUT2D eigenvalue weighted by atomic mass is 32.1. The lowest BCUT2D eigenvalue weighted by Crippen LogP contribution is -2.24. The van der Waals surface area contributed by atoms with E-state index in [9.17, 15) is 4.79 Å². The van der Waals surface area contributed by atoms with Crippen LogP contribution in [0.1, 0.15) is 39.7 Å². The number of nitrogens with zero attached hydrogens (tertiary/aromatic N) is 3. The Morgan fingerprint density at radius 2 is 2.36 bits per heavy atom. The van der Waals surface area contributed by atoms with Crippen LogP contribution in [0.5, 0.6) is 0 Å². The molecule has 0 aromatic carbocycles. The van der Waals surface area contributed by atoms with E-state index < -0.39 is 0 Å². The molecule has 25 heavy (non-hydrogen) atoms. The van der Waals surface area contributed by atoms with Crippen LogP contribution >= 0.6 is 11.3 Å². The average Bonchev–Trinajstić information content (AvgIpc) is 3.29. The van der Waals surface area contributed by atoms with Crippen molar-refractivity contribution in [3.63, 3.8) is 0 Å². The van der Waals surface area contributed by atoms with Crippen molar-refractivity contribution < 1.29 is 4.79 Å². The number of hydrogen-bond acceptors (Lipinski definition) is 4. The first-order chi connectivity index (χ1) is 12.2. The number of aromatic nitrogens is 3. The van der Waals surface area contributed by atoms with E-state index in [2.05, 4.69) is 22.2 Å². The van der Waals surface area contributed by atoms with E-state index >= 15 is 0 Å². The second kappa shape index (κ2) is 6.80. The smallest absolute Gasteiger partial charge is 0.252 e. The molecule has 1 atom stereocenters. The third-order valence-corrected chi connectivity index (χ3v) is 5.73. The van der Waals surface area contributed by atoms with Crippen molar-refractivity contribution in [2.24, 2.45) is 5.92 Å². The summed E-state index contributed by atoms with van der Waals surface area (Å²) < 4.78 is 1.85. The van der Waals surface area contributed by atoms with Gasteiger partial charge in [-0.3, -0.25) is 9.36 Å². The van der Waals surface area contributed by atoms with Gasteiger partial charge in [0.1, 0.15) is 12.1 Å². The summed E-state index contributed by atoms with van der Waals surface area (Å²) in [6.45, 7) is 2.77. The number of nitrogens with one attached hydrogen (secondary N) is 1. The second-order valence-electron chi connectivity index (χ2n) is 6.57. The van der Waals surface area contributed by atoms with Gasteiger partial charge in [0, 0.05) is 35.4 Å². The summed E-state index contributed by atoms with van der Waals surface area (Å²) in [5, 5.41) is 5.07. The summed E-state index contributed by atoms with van der Waals surface area (Å²) in [6, 6.07) is 3.89. The summed E-state index contributed by atoms with van der Waals surface area (Å²) in [5.41, 5.74) is 3.13. The Bertz CT molecular complexity index is 885. The van der Waals surface area contributed by atoms with Gasteiger partial charge in [0.2, 0.25) is 0 Å². The van der Waals surface area contributed by atoms with Gasteiger partial charge in [-0.15, -0.1) is 11.3 Å². The Kier molecular flexibility index (Phi) is 4.36. The van der Waals surface area contributed by atoms with Gasteiger partial charge in [0.15, 0.2) is 0 Å². The second-order valence-corrected chi connectivity index (χ2v) is 7.54. The van der Waals surface area contributed by atoms with Crippen LogP contribution in [0.3, 0.4) is 0 Å². The van der Waals surface area contributed by atoms with E-state index in [1.54, 1.807) is 30.1 Å². The zero-order valence-corrected chi connectivity index (χ0v) is 14.9. The van der Waals surface area contributed by atoms with Crippen LogP contribution in [-0.4, -0.2) is 20.4 Å². The zero-order chi connectivity index (χ0) is 17.2. The molecular formula is C19H20N4OS. The molecule has 0 bridgehead atoms. The molecule has 0 spiro atoms. The molecule has 0 saturated carbocycles. The largest absolute Gasteiger partial charge is 0.348 e. The van der Waals surface area contributed by atoms with Crippen LogP contribution in [-0.2, 0) is 19.4 Å². The van der Waals surface area contributed by atoms with Crippen molar-refractivity contribution in [3.05, 3.63) is 64.0 Å². The third kappa shape index (κ3) is 3.35. The first-order valence-corrected chi connectivity index (χ1v) is 9.39. The van der Waals surface area contributed by atoms with Gasteiger partial charge in [-0.1, -0.05) is 6.92 Å². The monoisotopic (exact) mass is 352 g/mol. The van der Waals surface area contributed by atoms with Crippen LogP contribution < -0.4 is 5.32 Å². The minimum atomic E-state index is 0.0213. The van der Waals surface area contributed by atoms with Crippen molar-refractivity contribution in [2.75, 3.05) is 0 Å². The Labute approximate surface area is 150 Å². The minimum Gasteiger partial charge on any atom is -0.348 e. The maximum absolute atomic E-state index is 12.6. The van der Waals surface area contributed by atoms with Gasteiger partial charge in [-0.2, -0.15) is 0 Å². The summed E-state index contributed by atoms with van der Waals surface area (Å²) in [7, 11) is 0. The number of fused-ring (bicyclic) bond motifs is 1. The predicted molar refractivity (Wildman–Crippen MR) is 98.0 cm³/mol. The molecule has 0 saturated heterocycles. The standard InChI is InChI=1S/C19H20N4OS/c1-13-2-3-15-16(11-25-17(15)8-13)19(24)22-10-14-4-5-21-18(9-14)23-7-6-20-12-23/h4-7,9,11-13H,2-3,8,10H2,1H3,(H,22,24). The van der Waals surface area contributed by atoms with E-state index in [1.165, 1.54) is 16.9 Å². The highest BCUT2D eigenvalue weighted by Gasteiger charge is 2.23. The summed E-state index contributed by atoms with van der Waals surface area (Å²) in [4.78, 5) is 22.4. The van der Waals surface area contributed by atoms with Crippen molar-refractivity contribution in [1.82, 2.24) is 19.9 Å². The molecular weight excluding hydrogens is 332 g/mol. The molecule has 5 nitrogen and oxygen atoms in total. The van der Waals surface area contributed by atoms with Crippen LogP contribution in [0.25, 0.3) is 5.82 Å². The topological polar surface area (TPSA) is 59.8 Å². The molecule has 0 fully saturated rings. The Morgan fingerprint density at radius 3 is 3.20 bits per heavy atom. The third-order valence-electron chi connectivity index (χ3n) is 4.68. The highest BCUT2D eigenvalue weighted by Crippen LogP contribution is 2.32. The fraction of sp³-hybridized carbons (Fsp3) is 0.316. The molecule has 3 aromatic heterocycles. The molecule has 3 aromatic rings. The summed E-state index contributed by atoms with van der Waals surface area (Å²) in [6.07, 6.45) is 10.3. The van der Waals surface area contributed by atoms with Crippen LogP contribution in [0.4, 0.5) is 0 Å². The van der Waals surface area contributed by atoms with Gasteiger partial charge < -0.3 is 5.32 Å². The number of carbonyl (C=O) groups excluding carboxylic acids is 1. The zero-order valence-electron chi connectivity index (χ0n) is 14.1. The van der Waals surface area contributed by atoms with E-state index in [1.807, 2.05) is 28.3 Å². The number of thiophene rings is 1. The van der Waals surface area contributed by atoms with Crippen molar-refractivity contribution in [3.8, 4) is 5.82 Å². The maximum Gasteiger partial charge on any atom is 0.252 e. The number of pyridine rings is 1. The molecule has 0 aliphatic heterocycles. The predicted octanol–water partition coefficient (Wildman–Crippen LogP) is 3.38. The van der Waals surface area contributed by atoms with Crippen molar-refractivity contribution in [1.29, 1.82) is 0 Å². The number of hydrogen-bond donors (Lipinski definition) is 1. The SMILES string of the molecule is CC1CCc2c(C(=O)NCc3ccnc(-n4ccnc4)c3)csc2C1. The van der Waals surface area contributed by atoms with Crippen molar-refractivity contribution >= 4 is 17.2 Å². The molecule has 0 radical (unpaired) electrons. The number of amides is 1. The normalized spacial score (nSPS) is 16.4. The maximum atomic E-state index is 12.6.